The molecule has 0 saturated heterocycles. The summed E-state index contributed by atoms with van der Waals surface area (Å²) in [6, 6.07) is 8.30. The topological polar surface area (TPSA) is 34.6 Å². The fourth-order valence-electron chi connectivity index (χ4n) is 3.18. The highest BCUT2D eigenvalue weighted by atomic mass is 127. The van der Waals surface area contributed by atoms with Crippen molar-refractivity contribution in [1.82, 2.24) is 4.98 Å². The van der Waals surface area contributed by atoms with Gasteiger partial charge in [-0.3, -0.25) is 0 Å². The molecule has 5 heteroatoms. The van der Waals surface area contributed by atoms with Gasteiger partial charge in [-0.25, -0.2) is 4.98 Å². The zero-order valence-corrected chi connectivity index (χ0v) is 15.8. The van der Waals surface area contributed by atoms with Crippen molar-refractivity contribution < 1.29 is 9.47 Å². The Morgan fingerprint density at radius 3 is 2.78 bits per heavy atom. The van der Waals surface area contributed by atoms with Crippen LogP contribution in [-0.4, -0.2) is 25.7 Å². The zero-order chi connectivity index (χ0) is 16.4. The van der Waals surface area contributed by atoms with E-state index in [0.29, 0.717) is 0 Å². The third-order valence-corrected chi connectivity index (χ3v) is 5.44. The van der Waals surface area contributed by atoms with Gasteiger partial charge >= 0.3 is 0 Å². The quantitative estimate of drug-likeness (QED) is 0.689. The summed E-state index contributed by atoms with van der Waals surface area (Å²) in [5.74, 6) is 2.77. The van der Waals surface area contributed by atoms with Crippen LogP contribution in [0.15, 0.2) is 30.5 Å². The van der Waals surface area contributed by atoms with E-state index in [-0.39, 0.29) is 6.04 Å². The second-order valence-corrected chi connectivity index (χ2v) is 6.84. The Hall–Kier alpha value is -1.50. The van der Waals surface area contributed by atoms with E-state index in [9.17, 15) is 0 Å². The van der Waals surface area contributed by atoms with Crippen LogP contribution in [0.4, 0.5) is 5.82 Å². The second kappa shape index (κ2) is 6.95. The molecule has 1 aromatic heterocycles. The van der Waals surface area contributed by atoms with E-state index in [2.05, 4.69) is 51.5 Å². The molecule has 0 saturated carbocycles. The van der Waals surface area contributed by atoms with Crippen molar-refractivity contribution in [2.75, 3.05) is 25.7 Å². The number of hydrogen-bond acceptors (Lipinski definition) is 4. The molecule has 23 heavy (non-hydrogen) atoms. The molecule has 0 amide bonds. The van der Waals surface area contributed by atoms with Gasteiger partial charge in [0.25, 0.3) is 0 Å². The molecule has 4 nitrogen and oxygen atoms in total. The predicted octanol–water partition coefficient (Wildman–Crippen LogP) is 4.22. The van der Waals surface area contributed by atoms with Crippen LogP contribution in [0.25, 0.3) is 0 Å². The highest BCUT2D eigenvalue weighted by Crippen LogP contribution is 2.38. The van der Waals surface area contributed by atoms with Gasteiger partial charge in [0.1, 0.15) is 17.3 Å². The highest BCUT2D eigenvalue weighted by Gasteiger charge is 2.26. The lowest BCUT2D eigenvalue weighted by Crippen LogP contribution is -2.33. The van der Waals surface area contributed by atoms with E-state index in [1.165, 1.54) is 9.13 Å². The van der Waals surface area contributed by atoms with Gasteiger partial charge in [-0.1, -0.05) is 0 Å². The number of rotatable bonds is 4. The van der Waals surface area contributed by atoms with Gasteiger partial charge in [0, 0.05) is 33.5 Å². The van der Waals surface area contributed by atoms with Gasteiger partial charge < -0.3 is 14.4 Å². The number of aromatic nitrogens is 1. The minimum absolute atomic E-state index is 0.195. The molecule has 1 aliphatic heterocycles. The van der Waals surface area contributed by atoms with Crippen LogP contribution in [0.1, 0.15) is 30.5 Å². The van der Waals surface area contributed by atoms with Crippen molar-refractivity contribution in [3.8, 4) is 11.5 Å². The molecule has 0 fully saturated rings. The highest BCUT2D eigenvalue weighted by molar-refractivity contribution is 14.1. The molecule has 2 aromatic rings. The molecule has 1 atom stereocenters. The van der Waals surface area contributed by atoms with Crippen LogP contribution in [0, 0.1) is 3.57 Å². The number of benzene rings is 1. The molecule has 0 bridgehead atoms. The number of nitrogens with zero attached hydrogens (tertiary/aromatic N) is 2. The van der Waals surface area contributed by atoms with E-state index in [1.54, 1.807) is 14.2 Å². The summed E-state index contributed by atoms with van der Waals surface area (Å²) in [4.78, 5) is 7.03. The van der Waals surface area contributed by atoms with Gasteiger partial charge in [0.2, 0.25) is 0 Å². The summed E-state index contributed by atoms with van der Waals surface area (Å²) in [7, 11) is 3.38. The van der Waals surface area contributed by atoms with Gasteiger partial charge in [0.15, 0.2) is 0 Å². The van der Waals surface area contributed by atoms with Gasteiger partial charge in [-0.15, -0.1) is 0 Å². The number of halogens is 1. The fourth-order valence-corrected chi connectivity index (χ4v) is 3.85. The standard InChI is InChI=1S/C18H21IN2O2/c1-12(14-7-6-13(22-2)11-17(14)23-3)21-10-4-5-15-16(19)8-9-20-18(15)21/h6-9,11-12H,4-5,10H2,1-3H3. The summed E-state index contributed by atoms with van der Waals surface area (Å²) in [5.41, 5.74) is 2.51. The Balaban J connectivity index is 1.99. The van der Waals surface area contributed by atoms with Crippen LogP contribution in [0.2, 0.25) is 0 Å². The normalized spacial score (nSPS) is 15.0. The van der Waals surface area contributed by atoms with E-state index >= 15 is 0 Å². The molecule has 0 N–H and O–H groups in total. The van der Waals surface area contributed by atoms with Crippen molar-refractivity contribution in [2.45, 2.75) is 25.8 Å². The minimum atomic E-state index is 0.195. The van der Waals surface area contributed by atoms with E-state index in [4.69, 9.17) is 9.47 Å². The Labute approximate surface area is 151 Å². The second-order valence-electron chi connectivity index (χ2n) is 5.68. The average molecular weight is 424 g/mol. The SMILES string of the molecule is COc1ccc(C(C)N2CCCc3c(I)ccnc32)c(OC)c1. The molecular weight excluding hydrogens is 403 g/mol. The first-order valence-corrected chi connectivity index (χ1v) is 8.85. The number of ether oxygens (including phenoxy) is 2. The molecule has 0 aliphatic carbocycles. The number of pyridine rings is 1. The van der Waals surface area contributed by atoms with Crippen molar-refractivity contribution >= 4 is 28.4 Å². The summed E-state index contributed by atoms with van der Waals surface area (Å²) < 4.78 is 12.2. The predicted molar refractivity (Wildman–Crippen MR) is 101 cm³/mol. The summed E-state index contributed by atoms with van der Waals surface area (Å²) in [6.07, 6.45) is 4.15. The van der Waals surface area contributed by atoms with E-state index in [1.807, 2.05) is 18.3 Å². The lowest BCUT2D eigenvalue weighted by Gasteiger charge is -2.36. The van der Waals surface area contributed by atoms with Crippen LogP contribution in [0.5, 0.6) is 11.5 Å². The lowest BCUT2D eigenvalue weighted by atomic mass is 10.00. The van der Waals surface area contributed by atoms with Crippen LogP contribution in [-0.2, 0) is 6.42 Å². The number of fused-ring (bicyclic) bond motifs is 1. The molecule has 122 valence electrons. The smallest absolute Gasteiger partial charge is 0.133 e. The number of anilines is 1. The Morgan fingerprint density at radius 1 is 1.22 bits per heavy atom. The largest absolute Gasteiger partial charge is 0.497 e. The van der Waals surface area contributed by atoms with E-state index < -0.39 is 0 Å². The first-order chi connectivity index (χ1) is 11.2. The number of methoxy groups -OCH3 is 2. The van der Waals surface area contributed by atoms with Crippen LogP contribution < -0.4 is 14.4 Å². The third kappa shape index (κ3) is 3.11. The molecular formula is C18H21IN2O2. The summed E-state index contributed by atoms with van der Waals surface area (Å²) in [5, 5.41) is 0. The van der Waals surface area contributed by atoms with Crippen LogP contribution in [0.3, 0.4) is 0 Å². The van der Waals surface area contributed by atoms with Crippen molar-refractivity contribution in [3.05, 3.63) is 45.2 Å². The van der Waals surface area contributed by atoms with Gasteiger partial charge in [-0.05, 0) is 60.6 Å². The average Bonchev–Trinajstić information content (AvgIpc) is 2.60. The molecule has 0 spiro atoms. The molecule has 0 radical (unpaired) electrons. The number of hydrogen-bond donors (Lipinski definition) is 0. The fraction of sp³-hybridized carbons (Fsp3) is 0.389. The Morgan fingerprint density at radius 2 is 2.04 bits per heavy atom. The Kier molecular flexibility index (Phi) is 4.94. The molecule has 2 heterocycles. The minimum Gasteiger partial charge on any atom is -0.497 e. The molecule has 1 unspecified atom stereocenters. The zero-order valence-electron chi connectivity index (χ0n) is 13.7. The molecule has 1 aromatic carbocycles. The van der Waals surface area contributed by atoms with Crippen molar-refractivity contribution in [3.63, 3.8) is 0 Å². The first-order valence-electron chi connectivity index (χ1n) is 7.77. The maximum atomic E-state index is 5.58. The summed E-state index contributed by atoms with van der Waals surface area (Å²) in [6.45, 7) is 3.22. The van der Waals surface area contributed by atoms with Crippen molar-refractivity contribution in [1.29, 1.82) is 0 Å². The van der Waals surface area contributed by atoms with Gasteiger partial charge in [0.05, 0.1) is 20.3 Å². The van der Waals surface area contributed by atoms with E-state index in [0.717, 1.165) is 42.3 Å². The Bertz CT molecular complexity index is 705. The molecule has 3 rings (SSSR count). The van der Waals surface area contributed by atoms with Crippen LogP contribution >= 0.6 is 22.6 Å². The monoisotopic (exact) mass is 424 g/mol. The lowest BCUT2D eigenvalue weighted by molar-refractivity contribution is 0.388. The third-order valence-electron chi connectivity index (χ3n) is 4.43. The maximum absolute atomic E-state index is 5.58. The van der Waals surface area contributed by atoms with Crippen molar-refractivity contribution in [2.24, 2.45) is 0 Å². The van der Waals surface area contributed by atoms with Gasteiger partial charge in [-0.2, -0.15) is 0 Å². The first kappa shape index (κ1) is 16.4. The summed E-state index contributed by atoms with van der Waals surface area (Å²) >= 11 is 2.41. The molecule has 1 aliphatic rings. The maximum Gasteiger partial charge on any atom is 0.133 e.